The fourth-order valence-electron chi connectivity index (χ4n) is 3.56. The van der Waals surface area contributed by atoms with E-state index in [-0.39, 0.29) is 11.1 Å². The summed E-state index contributed by atoms with van der Waals surface area (Å²) in [5.74, 6) is -0.0512. The van der Waals surface area contributed by atoms with Gasteiger partial charge in [-0.15, -0.1) is 0 Å². The van der Waals surface area contributed by atoms with Gasteiger partial charge >= 0.3 is 0 Å². The molecule has 3 heterocycles. The number of carbonyl (C=O) groups is 1. The fourth-order valence-corrected chi connectivity index (χ4v) is 6.03. The van der Waals surface area contributed by atoms with Gasteiger partial charge < -0.3 is 9.47 Å². The van der Waals surface area contributed by atoms with Crippen molar-refractivity contribution in [2.45, 2.75) is 23.2 Å². The number of aryl methyl sites for hydroxylation is 1. The standard InChI is InChI=1S/C20H21N3O3S2/c1-22-12-9-21-20(22)28(25,26)18-6-10-23(11-7-18)19(24)16-4-2-15(3-5-16)17-8-13-27-14-17/h2-5,8-9,12-14,18H,6-7,10-11H2,1H3. The van der Waals surface area contributed by atoms with E-state index in [1.165, 1.54) is 10.8 Å². The number of amides is 1. The third-order valence-electron chi connectivity index (χ3n) is 5.19. The largest absolute Gasteiger partial charge is 0.339 e. The van der Waals surface area contributed by atoms with E-state index in [9.17, 15) is 13.2 Å². The SMILES string of the molecule is Cn1ccnc1S(=O)(=O)C1CCN(C(=O)c2ccc(-c3ccsc3)cc2)CC1. The molecule has 0 radical (unpaired) electrons. The van der Waals surface area contributed by atoms with Gasteiger partial charge in [0.15, 0.2) is 0 Å². The number of thiophene rings is 1. The van der Waals surface area contributed by atoms with E-state index >= 15 is 0 Å². The highest BCUT2D eigenvalue weighted by molar-refractivity contribution is 7.91. The van der Waals surface area contributed by atoms with Crippen molar-refractivity contribution in [1.82, 2.24) is 14.5 Å². The molecule has 0 atom stereocenters. The molecule has 4 rings (SSSR count). The van der Waals surface area contributed by atoms with E-state index in [1.807, 2.05) is 35.7 Å². The van der Waals surface area contributed by atoms with Gasteiger partial charge in [0.05, 0.1) is 5.25 Å². The summed E-state index contributed by atoms with van der Waals surface area (Å²) in [5, 5.41) is 3.70. The molecule has 1 aromatic carbocycles. The lowest BCUT2D eigenvalue weighted by Gasteiger charge is -2.31. The lowest BCUT2D eigenvalue weighted by molar-refractivity contribution is 0.0725. The first-order valence-corrected chi connectivity index (χ1v) is 11.6. The van der Waals surface area contributed by atoms with Gasteiger partial charge in [-0.25, -0.2) is 13.4 Å². The van der Waals surface area contributed by atoms with E-state index in [2.05, 4.69) is 10.4 Å². The quantitative estimate of drug-likeness (QED) is 0.656. The van der Waals surface area contributed by atoms with E-state index in [1.54, 1.807) is 29.5 Å². The number of nitrogens with zero attached hydrogens (tertiary/aromatic N) is 3. The number of carbonyl (C=O) groups excluding carboxylic acids is 1. The third-order valence-corrected chi connectivity index (χ3v) is 8.12. The average Bonchev–Trinajstić information content (AvgIpc) is 3.40. The van der Waals surface area contributed by atoms with Crippen LogP contribution in [-0.4, -0.2) is 47.1 Å². The average molecular weight is 416 g/mol. The Morgan fingerprint density at radius 2 is 1.82 bits per heavy atom. The predicted octanol–water partition coefficient (Wildman–Crippen LogP) is 3.23. The summed E-state index contributed by atoms with van der Waals surface area (Å²) in [6.07, 6.45) is 3.97. The normalized spacial score (nSPS) is 15.7. The summed E-state index contributed by atoms with van der Waals surface area (Å²) in [5.41, 5.74) is 2.85. The van der Waals surface area contributed by atoms with Crippen molar-refractivity contribution in [3.8, 4) is 11.1 Å². The van der Waals surface area contributed by atoms with Crippen LogP contribution >= 0.6 is 11.3 Å². The van der Waals surface area contributed by atoms with Crippen molar-refractivity contribution >= 4 is 27.1 Å². The fraction of sp³-hybridized carbons (Fsp3) is 0.300. The number of hydrogen-bond donors (Lipinski definition) is 0. The van der Waals surface area contributed by atoms with Crippen molar-refractivity contribution in [2.75, 3.05) is 13.1 Å². The second kappa shape index (κ2) is 7.52. The first kappa shape index (κ1) is 18.9. The molecule has 1 saturated heterocycles. The molecular weight excluding hydrogens is 394 g/mol. The zero-order valence-electron chi connectivity index (χ0n) is 15.5. The molecule has 2 aromatic heterocycles. The molecular formula is C20H21N3O3S2. The van der Waals surface area contributed by atoms with Crippen LogP contribution in [0.5, 0.6) is 0 Å². The zero-order chi connectivity index (χ0) is 19.7. The Kier molecular flexibility index (Phi) is 5.07. The van der Waals surface area contributed by atoms with E-state index < -0.39 is 15.1 Å². The van der Waals surface area contributed by atoms with Gasteiger partial charge in [0.1, 0.15) is 0 Å². The van der Waals surface area contributed by atoms with E-state index in [4.69, 9.17) is 0 Å². The van der Waals surface area contributed by atoms with Crippen LogP contribution in [-0.2, 0) is 16.9 Å². The van der Waals surface area contributed by atoms with Crippen LogP contribution in [0, 0.1) is 0 Å². The molecule has 28 heavy (non-hydrogen) atoms. The van der Waals surface area contributed by atoms with Crippen LogP contribution in [0.2, 0.25) is 0 Å². The third kappa shape index (κ3) is 3.49. The molecule has 3 aromatic rings. The summed E-state index contributed by atoms with van der Waals surface area (Å²) in [6, 6.07) is 9.63. The van der Waals surface area contributed by atoms with Crippen LogP contribution in [0.1, 0.15) is 23.2 Å². The number of hydrogen-bond acceptors (Lipinski definition) is 5. The molecule has 0 aliphatic carbocycles. The minimum atomic E-state index is -3.48. The number of aromatic nitrogens is 2. The molecule has 1 fully saturated rings. The second-order valence-electron chi connectivity index (χ2n) is 6.95. The molecule has 8 heteroatoms. The molecule has 6 nitrogen and oxygen atoms in total. The van der Waals surface area contributed by atoms with Crippen molar-refractivity contribution < 1.29 is 13.2 Å². The highest BCUT2D eigenvalue weighted by atomic mass is 32.2. The first-order valence-electron chi connectivity index (χ1n) is 9.10. The summed E-state index contributed by atoms with van der Waals surface area (Å²) in [6.45, 7) is 0.860. The molecule has 0 unspecified atom stereocenters. The Labute approximate surface area is 168 Å². The van der Waals surface area contributed by atoms with Crippen molar-refractivity contribution in [3.05, 3.63) is 59.0 Å². The van der Waals surface area contributed by atoms with Crippen LogP contribution in [0.15, 0.2) is 58.6 Å². The van der Waals surface area contributed by atoms with Crippen LogP contribution < -0.4 is 0 Å². The molecule has 0 bridgehead atoms. The van der Waals surface area contributed by atoms with Gasteiger partial charge in [0.25, 0.3) is 5.91 Å². The summed E-state index contributed by atoms with van der Waals surface area (Å²) in [7, 11) is -1.80. The van der Waals surface area contributed by atoms with Gasteiger partial charge in [-0.05, 0) is 52.9 Å². The van der Waals surface area contributed by atoms with Crippen molar-refractivity contribution in [3.63, 3.8) is 0 Å². The Balaban J connectivity index is 1.42. The Morgan fingerprint density at radius 3 is 2.39 bits per heavy atom. The highest BCUT2D eigenvalue weighted by Gasteiger charge is 2.35. The number of piperidine rings is 1. The molecule has 1 aliphatic rings. The van der Waals surface area contributed by atoms with Crippen LogP contribution in [0.4, 0.5) is 0 Å². The summed E-state index contributed by atoms with van der Waals surface area (Å²) in [4.78, 5) is 18.5. The van der Waals surface area contributed by atoms with Crippen molar-refractivity contribution in [1.29, 1.82) is 0 Å². The number of sulfone groups is 1. The number of benzene rings is 1. The van der Waals surface area contributed by atoms with Crippen molar-refractivity contribution in [2.24, 2.45) is 7.05 Å². The molecule has 0 saturated carbocycles. The second-order valence-corrected chi connectivity index (χ2v) is 9.85. The molecule has 146 valence electrons. The number of imidazole rings is 1. The Morgan fingerprint density at radius 1 is 1.11 bits per heavy atom. The first-order chi connectivity index (χ1) is 13.5. The monoisotopic (exact) mass is 415 g/mol. The smallest absolute Gasteiger partial charge is 0.253 e. The van der Waals surface area contributed by atoms with Gasteiger partial charge in [-0.1, -0.05) is 12.1 Å². The van der Waals surface area contributed by atoms with Gasteiger partial charge in [-0.2, -0.15) is 11.3 Å². The Bertz CT molecular complexity index is 1060. The van der Waals surface area contributed by atoms with Crippen LogP contribution in [0.3, 0.4) is 0 Å². The maximum Gasteiger partial charge on any atom is 0.253 e. The molecule has 0 spiro atoms. The summed E-state index contributed by atoms with van der Waals surface area (Å²) < 4.78 is 27.1. The van der Waals surface area contributed by atoms with Gasteiger partial charge in [0, 0.05) is 38.1 Å². The lowest BCUT2D eigenvalue weighted by atomic mass is 10.0. The number of likely N-dealkylation sites (tertiary alicyclic amines) is 1. The molecule has 1 aliphatic heterocycles. The molecule has 1 amide bonds. The minimum Gasteiger partial charge on any atom is -0.339 e. The predicted molar refractivity (Wildman–Crippen MR) is 109 cm³/mol. The minimum absolute atomic E-state index is 0.0512. The topological polar surface area (TPSA) is 72.3 Å². The lowest BCUT2D eigenvalue weighted by Crippen LogP contribution is -2.42. The van der Waals surface area contributed by atoms with E-state index in [0.717, 1.165) is 11.1 Å². The maximum absolute atomic E-state index is 12.8. The van der Waals surface area contributed by atoms with Crippen LogP contribution in [0.25, 0.3) is 11.1 Å². The molecule has 0 N–H and O–H groups in total. The number of rotatable bonds is 4. The van der Waals surface area contributed by atoms with Gasteiger partial charge in [0.2, 0.25) is 15.0 Å². The van der Waals surface area contributed by atoms with Gasteiger partial charge in [-0.3, -0.25) is 4.79 Å². The Hall–Kier alpha value is -2.45. The van der Waals surface area contributed by atoms with E-state index in [0.29, 0.717) is 31.5 Å². The maximum atomic E-state index is 12.8. The highest BCUT2D eigenvalue weighted by Crippen LogP contribution is 2.26. The summed E-state index contributed by atoms with van der Waals surface area (Å²) >= 11 is 1.64. The zero-order valence-corrected chi connectivity index (χ0v) is 17.1.